The minimum atomic E-state index is 0.698. The molecule has 4 rings (SSSR count). The molecule has 3 nitrogen and oxygen atoms in total. The fraction of sp³-hybridized carbons (Fsp3) is 0.167. The molecule has 0 fully saturated rings. The van der Waals surface area contributed by atoms with Gasteiger partial charge < -0.3 is 5.73 Å². The van der Waals surface area contributed by atoms with Crippen molar-refractivity contribution in [2.45, 2.75) is 12.8 Å². The van der Waals surface area contributed by atoms with Crippen LogP contribution in [0, 0.1) is 0 Å². The summed E-state index contributed by atoms with van der Waals surface area (Å²) in [6.07, 6.45) is 1.92. The number of nitrogens with two attached hydrogens (primary N) is 1. The number of aromatic nitrogens is 2. The van der Waals surface area contributed by atoms with E-state index in [1.807, 2.05) is 6.07 Å². The van der Waals surface area contributed by atoms with Gasteiger partial charge in [0.2, 0.25) is 0 Å². The molecule has 0 unspecified atom stereocenters. The zero-order valence-electron chi connectivity index (χ0n) is 12.2. The Balaban J connectivity index is 2.00. The Morgan fingerprint density at radius 3 is 2.59 bits per heavy atom. The molecule has 0 aliphatic carbocycles. The van der Waals surface area contributed by atoms with E-state index in [0.29, 0.717) is 6.54 Å². The third-order valence-corrected chi connectivity index (χ3v) is 4.94. The first-order valence-corrected chi connectivity index (χ1v) is 8.34. The molecule has 0 amide bonds. The fourth-order valence-corrected chi connectivity index (χ4v) is 3.95. The van der Waals surface area contributed by atoms with Gasteiger partial charge in [0, 0.05) is 5.56 Å². The number of benzene rings is 2. The molecule has 2 heterocycles. The van der Waals surface area contributed by atoms with Gasteiger partial charge in [0.25, 0.3) is 0 Å². The van der Waals surface area contributed by atoms with Crippen LogP contribution < -0.4 is 5.73 Å². The molecule has 0 saturated carbocycles. The summed E-state index contributed by atoms with van der Waals surface area (Å²) in [5.74, 6) is 0. The lowest BCUT2D eigenvalue weighted by Crippen LogP contribution is -2.03. The molecule has 0 aliphatic rings. The summed E-state index contributed by atoms with van der Waals surface area (Å²) in [5, 5.41) is 0. The van der Waals surface area contributed by atoms with E-state index in [1.165, 1.54) is 21.5 Å². The SMILES string of the molecule is NCCCc1c(-c2ccccc2)nc2sc3ccccc3n12. The lowest BCUT2D eigenvalue weighted by molar-refractivity contribution is 0.809. The van der Waals surface area contributed by atoms with E-state index in [4.69, 9.17) is 10.7 Å². The maximum Gasteiger partial charge on any atom is 0.195 e. The summed E-state index contributed by atoms with van der Waals surface area (Å²) in [5.41, 5.74) is 10.5. The van der Waals surface area contributed by atoms with Crippen LogP contribution >= 0.6 is 11.3 Å². The lowest BCUT2D eigenvalue weighted by Gasteiger charge is -2.05. The average Bonchev–Trinajstić information content (AvgIpc) is 3.10. The summed E-state index contributed by atoms with van der Waals surface area (Å²) in [6, 6.07) is 18.9. The van der Waals surface area contributed by atoms with Crippen molar-refractivity contribution in [3.05, 3.63) is 60.3 Å². The van der Waals surface area contributed by atoms with Crippen LogP contribution in [-0.2, 0) is 6.42 Å². The third kappa shape index (κ3) is 2.12. The van der Waals surface area contributed by atoms with Gasteiger partial charge in [0.05, 0.1) is 21.6 Å². The van der Waals surface area contributed by atoms with Crippen molar-refractivity contribution in [2.75, 3.05) is 6.54 Å². The number of imidazole rings is 1. The maximum absolute atomic E-state index is 5.74. The van der Waals surface area contributed by atoms with E-state index < -0.39 is 0 Å². The topological polar surface area (TPSA) is 43.3 Å². The first-order chi connectivity index (χ1) is 10.9. The first kappa shape index (κ1) is 13.5. The molecule has 0 spiro atoms. The van der Waals surface area contributed by atoms with E-state index in [1.54, 1.807) is 11.3 Å². The number of rotatable bonds is 4. The summed E-state index contributed by atoms with van der Waals surface area (Å²) >= 11 is 1.75. The number of para-hydroxylation sites is 1. The molecular formula is C18H17N3S. The molecular weight excluding hydrogens is 290 g/mol. The van der Waals surface area contributed by atoms with Crippen LogP contribution in [0.2, 0.25) is 0 Å². The second-order valence-corrected chi connectivity index (χ2v) is 6.36. The highest BCUT2D eigenvalue weighted by Gasteiger charge is 2.17. The Labute approximate surface area is 133 Å². The van der Waals surface area contributed by atoms with E-state index in [2.05, 4.69) is 52.9 Å². The normalized spacial score (nSPS) is 11.5. The number of thiazole rings is 1. The Kier molecular flexibility index (Phi) is 3.41. The number of hydrogen-bond donors (Lipinski definition) is 1. The summed E-state index contributed by atoms with van der Waals surface area (Å²) in [6.45, 7) is 0.698. The molecule has 0 saturated heterocycles. The highest BCUT2D eigenvalue weighted by molar-refractivity contribution is 7.23. The minimum absolute atomic E-state index is 0.698. The smallest absolute Gasteiger partial charge is 0.195 e. The highest BCUT2D eigenvalue weighted by atomic mass is 32.1. The minimum Gasteiger partial charge on any atom is -0.330 e. The van der Waals surface area contributed by atoms with Gasteiger partial charge in [-0.15, -0.1) is 0 Å². The van der Waals surface area contributed by atoms with Crippen molar-refractivity contribution < 1.29 is 0 Å². The summed E-state index contributed by atoms with van der Waals surface area (Å²) in [4.78, 5) is 5.98. The average molecular weight is 307 g/mol. The van der Waals surface area contributed by atoms with Crippen molar-refractivity contribution in [2.24, 2.45) is 5.73 Å². The van der Waals surface area contributed by atoms with Crippen molar-refractivity contribution >= 4 is 26.5 Å². The van der Waals surface area contributed by atoms with E-state index in [-0.39, 0.29) is 0 Å². The predicted molar refractivity (Wildman–Crippen MR) is 93.4 cm³/mol. The van der Waals surface area contributed by atoms with Crippen molar-refractivity contribution in [3.63, 3.8) is 0 Å². The van der Waals surface area contributed by atoms with E-state index >= 15 is 0 Å². The number of aryl methyl sites for hydroxylation is 1. The van der Waals surface area contributed by atoms with Crippen LogP contribution in [0.3, 0.4) is 0 Å². The molecule has 0 bridgehead atoms. The monoisotopic (exact) mass is 307 g/mol. The van der Waals surface area contributed by atoms with Crippen LogP contribution in [0.5, 0.6) is 0 Å². The second kappa shape index (κ2) is 5.55. The molecule has 110 valence electrons. The maximum atomic E-state index is 5.74. The van der Waals surface area contributed by atoms with Crippen LogP contribution in [0.25, 0.3) is 26.4 Å². The van der Waals surface area contributed by atoms with Crippen LogP contribution in [0.15, 0.2) is 54.6 Å². The van der Waals surface area contributed by atoms with Crippen molar-refractivity contribution in [1.82, 2.24) is 9.38 Å². The highest BCUT2D eigenvalue weighted by Crippen LogP contribution is 2.33. The van der Waals surface area contributed by atoms with Gasteiger partial charge in [-0.25, -0.2) is 4.98 Å². The molecule has 4 heteroatoms. The van der Waals surface area contributed by atoms with Gasteiger partial charge in [0.15, 0.2) is 4.96 Å². The molecule has 2 aromatic heterocycles. The second-order valence-electron chi connectivity index (χ2n) is 5.35. The summed E-state index contributed by atoms with van der Waals surface area (Å²) < 4.78 is 3.58. The van der Waals surface area contributed by atoms with Crippen LogP contribution in [0.4, 0.5) is 0 Å². The Morgan fingerprint density at radius 2 is 1.77 bits per heavy atom. The molecule has 2 aromatic carbocycles. The van der Waals surface area contributed by atoms with Crippen molar-refractivity contribution in [3.8, 4) is 11.3 Å². The van der Waals surface area contributed by atoms with Gasteiger partial charge in [-0.3, -0.25) is 4.40 Å². The van der Waals surface area contributed by atoms with E-state index in [0.717, 1.165) is 23.5 Å². The molecule has 0 atom stereocenters. The molecule has 0 radical (unpaired) electrons. The number of fused-ring (bicyclic) bond motifs is 3. The van der Waals surface area contributed by atoms with Gasteiger partial charge in [-0.05, 0) is 31.5 Å². The van der Waals surface area contributed by atoms with Crippen molar-refractivity contribution in [1.29, 1.82) is 0 Å². The van der Waals surface area contributed by atoms with Gasteiger partial charge in [-0.2, -0.15) is 0 Å². The Bertz CT molecular complexity index is 921. The zero-order chi connectivity index (χ0) is 14.9. The Hall–Kier alpha value is -2.17. The molecule has 0 aliphatic heterocycles. The van der Waals surface area contributed by atoms with Gasteiger partial charge >= 0.3 is 0 Å². The quantitative estimate of drug-likeness (QED) is 0.616. The van der Waals surface area contributed by atoms with Gasteiger partial charge in [0.1, 0.15) is 0 Å². The number of nitrogens with zero attached hydrogens (tertiary/aromatic N) is 2. The Morgan fingerprint density at radius 1 is 1.00 bits per heavy atom. The van der Waals surface area contributed by atoms with Gasteiger partial charge in [-0.1, -0.05) is 53.8 Å². The first-order valence-electron chi connectivity index (χ1n) is 7.53. The zero-order valence-corrected chi connectivity index (χ0v) is 13.0. The standard InChI is InChI=1S/C18H17N3S/c19-12-6-10-15-17(13-7-2-1-3-8-13)20-18-21(15)14-9-4-5-11-16(14)22-18/h1-5,7-9,11H,6,10,12,19H2. The molecule has 2 N–H and O–H groups in total. The van der Waals surface area contributed by atoms with E-state index in [9.17, 15) is 0 Å². The van der Waals surface area contributed by atoms with Crippen LogP contribution in [-0.4, -0.2) is 15.9 Å². The molecule has 22 heavy (non-hydrogen) atoms. The number of hydrogen-bond acceptors (Lipinski definition) is 3. The third-order valence-electron chi connectivity index (χ3n) is 3.91. The largest absolute Gasteiger partial charge is 0.330 e. The lowest BCUT2D eigenvalue weighted by atomic mass is 10.1. The summed E-state index contributed by atoms with van der Waals surface area (Å²) in [7, 11) is 0. The van der Waals surface area contributed by atoms with Crippen LogP contribution in [0.1, 0.15) is 12.1 Å². The molecule has 4 aromatic rings. The predicted octanol–water partition coefficient (Wildman–Crippen LogP) is 4.11. The fourth-order valence-electron chi connectivity index (χ4n) is 2.90.